The van der Waals surface area contributed by atoms with Gasteiger partial charge >= 0.3 is 0 Å². The fourth-order valence-electron chi connectivity index (χ4n) is 1.37. The highest BCUT2D eigenvalue weighted by atomic mass is 19.1. The maximum atomic E-state index is 13.2. The first-order valence-electron chi connectivity index (χ1n) is 5.28. The molecule has 0 aliphatic carbocycles. The minimum absolute atomic E-state index is 0.200. The van der Waals surface area contributed by atoms with Crippen LogP contribution in [0.15, 0.2) is 24.3 Å². The summed E-state index contributed by atoms with van der Waals surface area (Å²) in [7, 11) is 0. The van der Waals surface area contributed by atoms with Crippen LogP contribution in [0.1, 0.15) is 19.4 Å². The lowest BCUT2D eigenvalue weighted by atomic mass is 10.2. The molecule has 3 heteroatoms. The number of hydrogen-bond donors (Lipinski definition) is 1. The van der Waals surface area contributed by atoms with Crippen LogP contribution in [0.2, 0.25) is 0 Å². The highest BCUT2D eigenvalue weighted by Crippen LogP contribution is 2.07. The molecule has 0 aliphatic heterocycles. The van der Waals surface area contributed by atoms with Crippen molar-refractivity contribution in [2.75, 3.05) is 13.2 Å². The largest absolute Gasteiger partial charge is 0.375 e. The standard InChI is InChI=1S/C12H18FNO/c1-3-14-10(2)8-15-9-11-6-4-5-7-12(11)13/h4-7,10,14H,3,8-9H2,1-2H3. The molecule has 84 valence electrons. The highest BCUT2D eigenvalue weighted by Gasteiger charge is 2.02. The molecular formula is C12H18FNO. The maximum Gasteiger partial charge on any atom is 0.128 e. The maximum absolute atomic E-state index is 13.2. The van der Waals surface area contributed by atoms with Crippen LogP contribution in [0.4, 0.5) is 4.39 Å². The molecule has 0 amide bonds. The first-order valence-corrected chi connectivity index (χ1v) is 5.28. The van der Waals surface area contributed by atoms with E-state index in [1.54, 1.807) is 12.1 Å². The lowest BCUT2D eigenvalue weighted by Gasteiger charge is -2.12. The van der Waals surface area contributed by atoms with E-state index in [0.717, 1.165) is 6.54 Å². The molecule has 1 rings (SSSR count). The average Bonchev–Trinajstić information content (AvgIpc) is 2.21. The molecule has 0 heterocycles. The van der Waals surface area contributed by atoms with Crippen molar-refractivity contribution in [1.82, 2.24) is 5.32 Å². The predicted molar refractivity (Wildman–Crippen MR) is 59.2 cm³/mol. The fourth-order valence-corrected chi connectivity index (χ4v) is 1.37. The van der Waals surface area contributed by atoms with E-state index in [9.17, 15) is 4.39 Å². The van der Waals surface area contributed by atoms with Crippen molar-refractivity contribution in [3.05, 3.63) is 35.6 Å². The summed E-state index contributed by atoms with van der Waals surface area (Å²) in [4.78, 5) is 0. The van der Waals surface area contributed by atoms with Crippen LogP contribution >= 0.6 is 0 Å². The molecule has 15 heavy (non-hydrogen) atoms. The van der Waals surface area contributed by atoms with Crippen LogP contribution in [0.5, 0.6) is 0 Å². The van der Waals surface area contributed by atoms with Crippen molar-refractivity contribution in [2.45, 2.75) is 26.5 Å². The van der Waals surface area contributed by atoms with E-state index >= 15 is 0 Å². The summed E-state index contributed by atoms with van der Waals surface area (Å²) in [6.45, 7) is 5.95. The second-order valence-corrected chi connectivity index (χ2v) is 3.57. The minimum Gasteiger partial charge on any atom is -0.375 e. The Hall–Kier alpha value is -0.930. The Morgan fingerprint density at radius 2 is 2.13 bits per heavy atom. The molecule has 1 unspecified atom stereocenters. The summed E-state index contributed by atoms with van der Waals surface area (Å²) < 4.78 is 18.6. The number of ether oxygens (including phenoxy) is 1. The summed E-state index contributed by atoms with van der Waals surface area (Å²) in [6.07, 6.45) is 0. The van der Waals surface area contributed by atoms with E-state index in [4.69, 9.17) is 4.74 Å². The smallest absolute Gasteiger partial charge is 0.128 e. The molecule has 0 saturated carbocycles. The van der Waals surface area contributed by atoms with Crippen LogP contribution in [0.25, 0.3) is 0 Å². The molecule has 0 bridgehead atoms. The SMILES string of the molecule is CCNC(C)COCc1ccccc1F. The topological polar surface area (TPSA) is 21.3 Å². The third-order valence-electron chi connectivity index (χ3n) is 2.14. The number of nitrogens with one attached hydrogen (secondary N) is 1. The first-order chi connectivity index (χ1) is 7.24. The average molecular weight is 211 g/mol. The van der Waals surface area contributed by atoms with Gasteiger partial charge in [-0.05, 0) is 19.5 Å². The summed E-state index contributed by atoms with van der Waals surface area (Å²) in [5, 5.41) is 3.23. The molecule has 0 spiro atoms. The molecule has 1 atom stereocenters. The molecule has 0 aliphatic rings. The van der Waals surface area contributed by atoms with E-state index in [0.29, 0.717) is 24.8 Å². The van der Waals surface area contributed by atoms with Crippen LogP contribution < -0.4 is 5.32 Å². The van der Waals surface area contributed by atoms with Crippen molar-refractivity contribution in [3.63, 3.8) is 0 Å². The summed E-state index contributed by atoms with van der Waals surface area (Å²) in [6, 6.07) is 7.00. The Morgan fingerprint density at radius 3 is 2.80 bits per heavy atom. The summed E-state index contributed by atoms with van der Waals surface area (Å²) in [5.74, 6) is -0.200. The van der Waals surface area contributed by atoms with Crippen LogP contribution in [-0.4, -0.2) is 19.2 Å². The van der Waals surface area contributed by atoms with Crippen LogP contribution in [0.3, 0.4) is 0 Å². The molecular weight excluding hydrogens is 193 g/mol. The number of halogens is 1. The van der Waals surface area contributed by atoms with Gasteiger partial charge in [0.15, 0.2) is 0 Å². The molecule has 0 fully saturated rings. The second-order valence-electron chi connectivity index (χ2n) is 3.57. The van der Waals surface area contributed by atoms with E-state index in [1.165, 1.54) is 6.07 Å². The Balaban J connectivity index is 2.29. The summed E-state index contributed by atoms with van der Waals surface area (Å²) >= 11 is 0. The Kier molecular flexibility index (Phi) is 5.29. The van der Waals surface area contributed by atoms with Crippen LogP contribution in [0, 0.1) is 5.82 Å². The van der Waals surface area contributed by atoms with E-state index in [-0.39, 0.29) is 5.82 Å². The van der Waals surface area contributed by atoms with Crippen LogP contribution in [-0.2, 0) is 11.3 Å². The molecule has 1 N–H and O–H groups in total. The van der Waals surface area contributed by atoms with Crippen molar-refractivity contribution in [1.29, 1.82) is 0 Å². The van der Waals surface area contributed by atoms with E-state index < -0.39 is 0 Å². The third kappa shape index (κ3) is 4.40. The van der Waals surface area contributed by atoms with Crippen molar-refractivity contribution >= 4 is 0 Å². The minimum atomic E-state index is -0.200. The highest BCUT2D eigenvalue weighted by molar-refractivity contribution is 5.16. The van der Waals surface area contributed by atoms with Gasteiger partial charge in [-0.25, -0.2) is 4.39 Å². The lowest BCUT2D eigenvalue weighted by molar-refractivity contribution is 0.101. The Morgan fingerprint density at radius 1 is 1.40 bits per heavy atom. The fraction of sp³-hybridized carbons (Fsp3) is 0.500. The summed E-state index contributed by atoms with van der Waals surface area (Å²) in [5.41, 5.74) is 0.612. The number of rotatable bonds is 6. The van der Waals surface area contributed by atoms with E-state index in [1.807, 2.05) is 19.9 Å². The molecule has 0 aromatic heterocycles. The predicted octanol–water partition coefficient (Wildman–Crippen LogP) is 2.34. The van der Waals surface area contributed by atoms with Crippen molar-refractivity contribution in [2.24, 2.45) is 0 Å². The van der Waals surface area contributed by atoms with Gasteiger partial charge in [0.1, 0.15) is 5.82 Å². The number of hydrogen-bond acceptors (Lipinski definition) is 2. The van der Waals surface area contributed by atoms with Gasteiger partial charge in [-0.2, -0.15) is 0 Å². The van der Waals surface area contributed by atoms with Gasteiger partial charge in [-0.3, -0.25) is 0 Å². The van der Waals surface area contributed by atoms with Gasteiger partial charge in [0.05, 0.1) is 13.2 Å². The number of likely N-dealkylation sites (N-methyl/N-ethyl adjacent to an activating group) is 1. The molecule has 1 aromatic rings. The zero-order valence-corrected chi connectivity index (χ0v) is 9.29. The third-order valence-corrected chi connectivity index (χ3v) is 2.14. The molecule has 2 nitrogen and oxygen atoms in total. The second kappa shape index (κ2) is 6.53. The Labute approximate surface area is 90.4 Å². The monoisotopic (exact) mass is 211 g/mol. The van der Waals surface area contributed by atoms with E-state index in [2.05, 4.69) is 5.32 Å². The van der Waals surface area contributed by atoms with Gasteiger partial charge < -0.3 is 10.1 Å². The van der Waals surface area contributed by atoms with Gasteiger partial charge in [-0.15, -0.1) is 0 Å². The van der Waals surface area contributed by atoms with Gasteiger partial charge in [0.2, 0.25) is 0 Å². The molecule has 1 aromatic carbocycles. The quantitative estimate of drug-likeness (QED) is 0.779. The molecule has 0 saturated heterocycles. The van der Waals surface area contributed by atoms with Gasteiger partial charge in [0.25, 0.3) is 0 Å². The van der Waals surface area contributed by atoms with Gasteiger partial charge in [0, 0.05) is 11.6 Å². The normalized spacial score (nSPS) is 12.7. The Bertz CT molecular complexity index is 291. The zero-order valence-electron chi connectivity index (χ0n) is 9.29. The lowest BCUT2D eigenvalue weighted by Crippen LogP contribution is -2.30. The number of benzene rings is 1. The van der Waals surface area contributed by atoms with Crippen molar-refractivity contribution < 1.29 is 9.13 Å². The van der Waals surface area contributed by atoms with Gasteiger partial charge in [-0.1, -0.05) is 25.1 Å². The molecule has 0 radical (unpaired) electrons. The first kappa shape index (κ1) is 12.1. The van der Waals surface area contributed by atoms with Crippen molar-refractivity contribution in [3.8, 4) is 0 Å². The zero-order chi connectivity index (χ0) is 11.1.